The summed E-state index contributed by atoms with van der Waals surface area (Å²) in [7, 11) is 2.60. The minimum atomic E-state index is -0.705. The van der Waals surface area contributed by atoms with Gasteiger partial charge in [0.1, 0.15) is 23.7 Å². The van der Waals surface area contributed by atoms with E-state index in [1.54, 1.807) is 0 Å². The number of rotatable bonds is 11. The summed E-state index contributed by atoms with van der Waals surface area (Å²) in [6, 6.07) is 6.71. The molecule has 0 spiro atoms. The first-order valence-corrected chi connectivity index (χ1v) is 23.9. The van der Waals surface area contributed by atoms with Crippen molar-refractivity contribution in [2.45, 2.75) is 131 Å². The Bertz CT molecular complexity index is 2300. The lowest BCUT2D eigenvalue weighted by molar-refractivity contribution is -0.136. The van der Waals surface area contributed by atoms with Crippen molar-refractivity contribution in [3.63, 3.8) is 0 Å². The lowest BCUT2D eigenvalue weighted by atomic mass is 9.86. The molecule has 3 aromatic rings. The molecule has 14 nitrogen and oxygen atoms in total. The summed E-state index contributed by atoms with van der Waals surface area (Å²) in [6.45, 7) is 17.7. The van der Waals surface area contributed by atoms with Crippen molar-refractivity contribution in [3.8, 4) is 11.3 Å². The van der Waals surface area contributed by atoms with E-state index >= 15 is 0 Å². The molecule has 1 aliphatic carbocycles. The number of hydrogen-bond acceptors (Lipinski definition) is 8. The molecule has 2 fully saturated rings. The van der Waals surface area contributed by atoms with Crippen molar-refractivity contribution in [2.24, 2.45) is 23.7 Å². The third-order valence-electron chi connectivity index (χ3n) is 13.7. The summed E-state index contributed by atoms with van der Waals surface area (Å²) in [4.78, 5) is 72.6. The van der Waals surface area contributed by atoms with Crippen molar-refractivity contribution in [1.29, 1.82) is 0 Å². The van der Waals surface area contributed by atoms with E-state index in [1.807, 2.05) is 49.9 Å². The standard InChI is InChI=1S/C52H72N8O6/c1-11-36-19-17-33(6)16-18-34(7)40(42-30-54-48(56-42)44-15-13-27-60(44)50(62)46(32(4)5)58-52(64)66-10)28-39(21-20-36)35(8)37-22-24-38(25-23-37)41-29-53-47(55-41)43-14-12-26-59(43)49(61)45(31(2)3)57-51(63)65-9/h11,17,19,22-25,28-34,43-46H,12-16,18,20-21,26-27H2,1-10H3,(H,53,55)(H,54,56)(H,57,63)(H,58,64)/b19-17-,36-11+,39-35+,40-28+/t33-,34-,43+,44+,45+,46+/m1/s1. The molecule has 0 radical (unpaired) electrons. The summed E-state index contributed by atoms with van der Waals surface area (Å²) >= 11 is 0. The van der Waals surface area contributed by atoms with Crippen molar-refractivity contribution in [1.82, 2.24) is 40.4 Å². The molecule has 2 aromatic heterocycles. The van der Waals surface area contributed by atoms with Crippen LogP contribution in [0.4, 0.5) is 9.59 Å². The number of methoxy groups -OCH3 is 2. The van der Waals surface area contributed by atoms with Crippen LogP contribution < -0.4 is 10.6 Å². The molecule has 2 saturated heterocycles. The monoisotopic (exact) mass is 905 g/mol. The Labute approximate surface area is 391 Å². The van der Waals surface area contributed by atoms with Gasteiger partial charge in [-0.3, -0.25) is 9.59 Å². The summed E-state index contributed by atoms with van der Waals surface area (Å²) in [5, 5.41) is 5.48. The number of hydrogen-bond donors (Lipinski definition) is 4. The summed E-state index contributed by atoms with van der Waals surface area (Å²) in [5.41, 5.74) is 8.85. The quantitative estimate of drug-likeness (QED) is 0.147. The number of likely N-dealkylation sites (tertiary alicyclic amines) is 2. The summed E-state index contributed by atoms with van der Waals surface area (Å²) in [6.07, 6.45) is 18.7. The Morgan fingerprint density at radius 3 is 1.80 bits per heavy atom. The van der Waals surface area contributed by atoms with Gasteiger partial charge in [-0.15, -0.1) is 0 Å². The Morgan fingerprint density at radius 2 is 1.29 bits per heavy atom. The Morgan fingerprint density at radius 1 is 0.758 bits per heavy atom. The highest BCUT2D eigenvalue weighted by molar-refractivity contribution is 5.87. The van der Waals surface area contributed by atoms with Crippen LogP contribution in [0, 0.1) is 23.7 Å². The average molecular weight is 905 g/mol. The van der Waals surface area contributed by atoms with Crippen molar-refractivity contribution < 1.29 is 28.7 Å². The third kappa shape index (κ3) is 11.7. The molecule has 6 atom stereocenters. The zero-order valence-corrected chi connectivity index (χ0v) is 40.7. The second kappa shape index (κ2) is 22.5. The smallest absolute Gasteiger partial charge is 0.407 e. The van der Waals surface area contributed by atoms with Crippen LogP contribution in [0.25, 0.3) is 22.4 Å². The number of nitrogens with zero attached hydrogens (tertiary/aromatic N) is 4. The van der Waals surface area contributed by atoms with Crippen LogP contribution in [0.3, 0.4) is 0 Å². The largest absolute Gasteiger partial charge is 0.453 e. The Hall–Kier alpha value is -5.92. The van der Waals surface area contributed by atoms with Gasteiger partial charge in [0, 0.05) is 13.1 Å². The topological polar surface area (TPSA) is 175 Å². The number of benzene rings is 1. The van der Waals surface area contributed by atoms with E-state index in [0.29, 0.717) is 19.0 Å². The van der Waals surface area contributed by atoms with E-state index in [0.717, 1.165) is 85.5 Å². The maximum absolute atomic E-state index is 14.0. The average Bonchev–Trinajstić information content (AvgIpc) is 4.16. The van der Waals surface area contributed by atoms with Gasteiger partial charge in [-0.2, -0.15) is 0 Å². The van der Waals surface area contributed by atoms with Crippen LogP contribution in [-0.4, -0.2) is 93.1 Å². The normalized spacial score (nSPS) is 24.2. The molecule has 14 heteroatoms. The number of ether oxygens (including phenoxy) is 2. The number of aromatic nitrogens is 4. The number of nitrogens with one attached hydrogen (secondary N) is 4. The van der Waals surface area contributed by atoms with E-state index in [1.165, 1.54) is 36.5 Å². The molecule has 4 N–H and O–H groups in total. The lowest BCUT2D eigenvalue weighted by Crippen LogP contribution is -2.51. The van der Waals surface area contributed by atoms with Gasteiger partial charge in [-0.1, -0.05) is 95.7 Å². The first-order chi connectivity index (χ1) is 31.6. The van der Waals surface area contributed by atoms with Crippen LogP contribution in [0.5, 0.6) is 0 Å². The Kier molecular flexibility index (Phi) is 16.9. The van der Waals surface area contributed by atoms with Crippen LogP contribution in [0.15, 0.2) is 72.1 Å². The molecule has 0 bridgehead atoms. The molecule has 66 heavy (non-hydrogen) atoms. The number of carbonyl (C=O) groups excluding carboxylic acids is 4. The molecule has 0 saturated carbocycles. The number of amides is 4. The molecule has 0 unspecified atom stereocenters. The molecule has 4 amide bonds. The van der Waals surface area contributed by atoms with Crippen LogP contribution >= 0.6 is 0 Å². The fraction of sp³-hybridized carbons (Fsp3) is 0.538. The van der Waals surface area contributed by atoms with Gasteiger partial charge in [0.2, 0.25) is 11.8 Å². The van der Waals surface area contributed by atoms with Gasteiger partial charge in [0.25, 0.3) is 0 Å². The van der Waals surface area contributed by atoms with Crippen molar-refractivity contribution in [3.05, 3.63) is 95.0 Å². The molecular formula is C52H72N8O6. The number of H-pyrrole nitrogens is 2. The number of carbonyl (C=O) groups is 4. The van der Waals surface area contributed by atoms with Crippen molar-refractivity contribution in [2.75, 3.05) is 27.3 Å². The highest BCUT2D eigenvalue weighted by Gasteiger charge is 2.39. The fourth-order valence-electron chi connectivity index (χ4n) is 9.47. The molecular weight excluding hydrogens is 833 g/mol. The predicted octanol–water partition coefficient (Wildman–Crippen LogP) is 10.1. The van der Waals surface area contributed by atoms with E-state index in [-0.39, 0.29) is 41.7 Å². The third-order valence-corrected chi connectivity index (χ3v) is 13.7. The fourth-order valence-corrected chi connectivity index (χ4v) is 9.47. The van der Waals surface area contributed by atoms with Crippen LogP contribution in [-0.2, 0) is 19.1 Å². The van der Waals surface area contributed by atoms with Gasteiger partial charge in [-0.25, -0.2) is 19.6 Å². The minimum Gasteiger partial charge on any atom is -0.453 e. The van der Waals surface area contributed by atoms with Crippen molar-refractivity contribution >= 4 is 35.1 Å². The van der Waals surface area contributed by atoms with Gasteiger partial charge < -0.3 is 39.9 Å². The lowest BCUT2D eigenvalue weighted by Gasteiger charge is -2.30. The van der Waals surface area contributed by atoms with E-state index < -0.39 is 24.3 Å². The molecule has 356 valence electrons. The van der Waals surface area contributed by atoms with Crippen LogP contribution in [0.2, 0.25) is 0 Å². The van der Waals surface area contributed by atoms with Gasteiger partial charge in [0.15, 0.2) is 0 Å². The van der Waals surface area contributed by atoms with Gasteiger partial charge in [-0.05, 0) is 117 Å². The van der Waals surface area contributed by atoms with Gasteiger partial charge >= 0.3 is 12.2 Å². The maximum atomic E-state index is 14.0. The number of allylic oxidation sites excluding steroid dienone is 8. The van der Waals surface area contributed by atoms with E-state index in [2.05, 4.69) is 96.9 Å². The zero-order chi connectivity index (χ0) is 47.7. The van der Waals surface area contributed by atoms with Crippen LogP contribution in [0.1, 0.15) is 142 Å². The SMILES string of the molecule is C/C=C1\C=C/[C@H](C)CC[C@@H](C)/C(c2cnc([C@@H]3CCCN3C(=O)[C@@H](NC(=O)OC)C(C)C)[nH]2)=C\C(=C(/C)c2ccc(-c3cnc([C@@H]4CCCN4C(=O)[C@@H](NC(=O)OC)C(C)C)[nH]3)cc2)CC1. The summed E-state index contributed by atoms with van der Waals surface area (Å²) in [5.74, 6) is 1.63. The highest BCUT2D eigenvalue weighted by atomic mass is 16.5. The number of alkyl carbamates (subject to hydrolysis) is 2. The first kappa shape index (κ1) is 49.5. The molecule has 1 aromatic carbocycles. The molecule has 3 aliphatic rings. The van der Waals surface area contributed by atoms with E-state index in [4.69, 9.17) is 19.4 Å². The molecule has 4 heterocycles. The first-order valence-electron chi connectivity index (χ1n) is 23.9. The predicted molar refractivity (Wildman–Crippen MR) is 259 cm³/mol. The zero-order valence-electron chi connectivity index (χ0n) is 40.7. The second-order valence-electron chi connectivity index (χ2n) is 19.0. The van der Waals surface area contributed by atoms with Gasteiger partial charge in [0.05, 0.1) is 50.1 Å². The molecule has 6 rings (SSSR count). The van der Waals surface area contributed by atoms with E-state index in [9.17, 15) is 19.2 Å². The highest BCUT2D eigenvalue weighted by Crippen LogP contribution is 2.38. The second-order valence-corrected chi connectivity index (χ2v) is 19.0. The summed E-state index contributed by atoms with van der Waals surface area (Å²) < 4.78 is 9.65. The Balaban J connectivity index is 1.30. The maximum Gasteiger partial charge on any atom is 0.407 e. The number of imidazole rings is 2. The minimum absolute atomic E-state index is 0.114. The molecule has 2 aliphatic heterocycles. The number of aromatic amines is 2.